The summed E-state index contributed by atoms with van der Waals surface area (Å²) in [6.45, 7) is 6.66. The zero-order valence-electron chi connectivity index (χ0n) is 15.5. The summed E-state index contributed by atoms with van der Waals surface area (Å²) in [7, 11) is 0. The van der Waals surface area contributed by atoms with Gasteiger partial charge in [-0.1, -0.05) is 27.7 Å². The van der Waals surface area contributed by atoms with Crippen molar-refractivity contribution in [3.05, 3.63) is 0 Å². The Morgan fingerprint density at radius 1 is 0.885 bits per heavy atom. The minimum Gasteiger partial charge on any atom is -0.481 e. The molecule has 0 aromatic carbocycles. The molecule has 10 nitrogen and oxygen atoms in total. The molecule has 26 heavy (non-hydrogen) atoms. The summed E-state index contributed by atoms with van der Waals surface area (Å²) < 4.78 is 14.8. The number of carbonyl (C=O) groups excluding carboxylic acids is 3. The summed E-state index contributed by atoms with van der Waals surface area (Å²) in [4.78, 5) is 45.6. The quantitative estimate of drug-likeness (QED) is 0.249. The molecule has 0 spiro atoms. The van der Waals surface area contributed by atoms with Gasteiger partial charge in [0, 0.05) is 0 Å². The van der Waals surface area contributed by atoms with E-state index in [9.17, 15) is 19.2 Å². The molecule has 5 N–H and O–H groups in total. The van der Waals surface area contributed by atoms with Crippen molar-refractivity contribution in [1.29, 1.82) is 0 Å². The van der Waals surface area contributed by atoms with Crippen molar-refractivity contribution in [2.24, 2.45) is 23.3 Å². The molecule has 0 aliphatic heterocycles. The van der Waals surface area contributed by atoms with E-state index in [1.807, 2.05) is 0 Å². The van der Waals surface area contributed by atoms with Crippen molar-refractivity contribution in [1.82, 2.24) is 0 Å². The van der Waals surface area contributed by atoms with Gasteiger partial charge in [-0.2, -0.15) is 0 Å². The first-order valence-corrected chi connectivity index (χ1v) is 8.25. The second kappa shape index (κ2) is 11.4. The van der Waals surface area contributed by atoms with Crippen molar-refractivity contribution >= 4 is 23.9 Å². The zero-order chi connectivity index (χ0) is 20.4. The maximum absolute atomic E-state index is 11.9. The van der Waals surface area contributed by atoms with Crippen LogP contribution in [0.2, 0.25) is 0 Å². The van der Waals surface area contributed by atoms with E-state index in [4.69, 9.17) is 30.8 Å². The van der Waals surface area contributed by atoms with Gasteiger partial charge in [-0.3, -0.25) is 19.2 Å². The first-order chi connectivity index (χ1) is 12.0. The summed E-state index contributed by atoms with van der Waals surface area (Å²) >= 11 is 0. The van der Waals surface area contributed by atoms with Gasteiger partial charge in [0.1, 0.15) is 18.5 Å². The lowest BCUT2D eigenvalue weighted by atomic mass is 10.1. The number of aliphatic carboxylic acids is 1. The molecule has 1 unspecified atom stereocenters. The highest BCUT2D eigenvalue weighted by atomic mass is 16.7. The summed E-state index contributed by atoms with van der Waals surface area (Å²) in [5, 5.41) is 8.59. The van der Waals surface area contributed by atoms with Crippen LogP contribution < -0.4 is 11.5 Å². The van der Waals surface area contributed by atoms with Gasteiger partial charge >= 0.3 is 23.9 Å². The molecular weight excluding hydrogens is 348 g/mol. The number of nitrogens with two attached hydrogens (primary N) is 2. The van der Waals surface area contributed by atoms with Crippen LogP contribution in [0.4, 0.5) is 0 Å². The maximum atomic E-state index is 11.9. The molecule has 0 rings (SSSR count). The topological polar surface area (TPSA) is 168 Å². The Morgan fingerprint density at radius 3 is 1.85 bits per heavy atom. The Labute approximate surface area is 152 Å². The van der Waals surface area contributed by atoms with Gasteiger partial charge in [0.2, 0.25) is 0 Å². The third-order valence-corrected chi connectivity index (χ3v) is 3.38. The third kappa shape index (κ3) is 9.33. The summed E-state index contributed by atoms with van der Waals surface area (Å²) in [5.41, 5.74) is 11.3. The van der Waals surface area contributed by atoms with E-state index in [0.717, 1.165) is 0 Å². The summed E-state index contributed by atoms with van der Waals surface area (Å²) in [6, 6.07) is -1.77. The van der Waals surface area contributed by atoms with E-state index in [1.165, 1.54) is 0 Å². The Hall–Kier alpha value is -2.20. The average molecular weight is 376 g/mol. The molecule has 0 aromatic rings. The highest BCUT2D eigenvalue weighted by molar-refractivity contribution is 5.90. The number of carboxylic acids is 1. The van der Waals surface area contributed by atoms with E-state index in [0.29, 0.717) is 0 Å². The van der Waals surface area contributed by atoms with E-state index in [-0.39, 0.29) is 24.9 Å². The Bertz CT molecular complexity index is 506. The molecule has 3 atom stereocenters. The van der Waals surface area contributed by atoms with Gasteiger partial charge in [-0.15, -0.1) is 0 Å². The summed E-state index contributed by atoms with van der Waals surface area (Å²) in [5.74, 6) is -4.32. The van der Waals surface area contributed by atoms with Gasteiger partial charge in [0.15, 0.2) is 0 Å². The van der Waals surface area contributed by atoms with Crippen molar-refractivity contribution < 1.29 is 38.5 Å². The Morgan fingerprint density at radius 2 is 1.38 bits per heavy atom. The lowest BCUT2D eigenvalue weighted by molar-refractivity contribution is -0.192. The van der Waals surface area contributed by atoms with Crippen LogP contribution in [0.3, 0.4) is 0 Å². The molecule has 150 valence electrons. The minimum atomic E-state index is -1.43. The largest absolute Gasteiger partial charge is 0.481 e. The number of esters is 3. The van der Waals surface area contributed by atoms with E-state index in [1.54, 1.807) is 27.7 Å². The fourth-order valence-corrected chi connectivity index (χ4v) is 1.56. The molecule has 0 fully saturated rings. The van der Waals surface area contributed by atoms with Crippen molar-refractivity contribution in [3.63, 3.8) is 0 Å². The molecule has 0 aliphatic rings. The predicted molar refractivity (Wildman–Crippen MR) is 89.4 cm³/mol. The lowest BCUT2D eigenvalue weighted by Crippen LogP contribution is -2.41. The predicted octanol–water partition coefficient (Wildman–Crippen LogP) is -0.226. The number of ether oxygens (including phenoxy) is 3. The first-order valence-electron chi connectivity index (χ1n) is 8.25. The molecule has 0 radical (unpaired) electrons. The number of carboxylic acid groups (broad SMARTS) is 1. The number of carbonyl (C=O) groups is 4. The third-order valence-electron chi connectivity index (χ3n) is 3.38. The van der Waals surface area contributed by atoms with E-state index in [2.05, 4.69) is 0 Å². The van der Waals surface area contributed by atoms with Crippen LogP contribution in [0.1, 0.15) is 40.5 Å². The summed E-state index contributed by atoms with van der Waals surface area (Å²) in [6.07, 6.45) is -2.51. The monoisotopic (exact) mass is 376 g/mol. The van der Waals surface area contributed by atoms with E-state index >= 15 is 0 Å². The number of hydrogen-bond acceptors (Lipinski definition) is 9. The maximum Gasteiger partial charge on any atom is 0.326 e. The second-order valence-electron chi connectivity index (χ2n) is 6.42. The van der Waals surface area contributed by atoms with Crippen LogP contribution in [0, 0.1) is 11.8 Å². The van der Waals surface area contributed by atoms with Gasteiger partial charge in [-0.25, -0.2) is 0 Å². The average Bonchev–Trinajstić information content (AvgIpc) is 2.51. The number of hydrogen-bond donors (Lipinski definition) is 3. The highest BCUT2D eigenvalue weighted by Crippen LogP contribution is 2.09. The van der Waals surface area contributed by atoms with Crippen LogP contribution in [0.5, 0.6) is 0 Å². The Balaban J connectivity index is 4.77. The molecule has 0 heterocycles. The first kappa shape index (κ1) is 23.8. The molecule has 0 saturated carbocycles. The van der Waals surface area contributed by atoms with Crippen LogP contribution in [-0.2, 0) is 33.4 Å². The van der Waals surface area contributed by atoms with Crippen LogP contribution in [0.15, 0.2) is 0 Å². The molecule has 0 aromatic heterocycles. The van der Waals surface area contributed by atoms with E-state index < -0.39 is 48.7 Å². The van der Waals surface area contributed by atoms with Crippen LogP contribution in [-0.4, -0.2) is 54.0 Å². The van der Waals surface area contributed by atoms with Crippen LogP contribution >= 0.6 is 0 Å². The molecule has 10 heteroatoms. The molecule has 0 saturated heterocycles. The SMILES string of the molecule is CC(C)[C@H](N)C(=O)OCCC(OC(=O)CC(=O)O)OC(=O)[C@@H](N)C(C)C. The Kier molecular flexibility index (Phi) is 10.5. The molecule has 0 aliphatic carbocycles. The highest BCUT2D eigenvalue weighted by Gasteiger charge is 2.26. The van der Waals surface area contributed by atoms with Gasteiger partial charge in [0.25, 0.3) is 6.29 Å². The molecular formula is C16H28N2O8. The van der Waals surface area contributed by atoms with Crippen molar-refractivity contribution in [3.8, 4) is 0 Å². The van der Waals surface area contributed by atoms with Gasteiger partial charge in [0.05, 0.1) is 13.0 Å². The number of rotatable bonds is 11. The fourth-order valence-electron chi connectivity index (χ4n) is 1.56. The van der Waals surface area contributed by atoms with Crippen molar-refractivity contribution in [2.75, 3.05) is 6.61 Å². The standard InChI is InChI=1S/C16H28N2O8/c1-8(2)13(17)15(22)24-6-5-12(25-11(21)7-10(19)20)26-16(23)14(18)9(3)4/h8-9,12-14H,5-7,17-18H2,1-4H3,(H,19,20)/t12?,13-,14-/m0/s1. The van der Waals surface area contributed by atoms with Gasteiger partial charge < -0.3 is 30.8 Å². The molecule has 0 amide bonds. The lowest BCUT2D eigenvalue weighted by Gasteiger charge is -2.22. The second-order valence-corrected chi connectivity index (χ2v) is 6.42. The minimum absolute atomic E-state index is 0.131. The smallest absolute Gasteiger partial charge is 0.326 e. The van der Waals surface area contributed by atoms with Crippen molar-refractivity contribution in [2.45, 2.75) is 58.9 Å². The zero-order valence-corrected chi connectivity index (χ0v) is 15.5. The van der Waals surface area contributed by atoms with Crippen LogP contribution in [0.25, 0.3) is 0 Å². The molecule has 0 bridgehead atoms. The van der Waals surface area contributed by atoms with Gasteiger partial charge in [-0.05, 0) is 11.8 Å². The fraction of sp³-hybridized carbons (Fsp3) is 0.750. The normalized spacial score (nSPS) is 14.5.